The Hall–Kier alpha value is -1.46. The molecule has 2 N–H and O–H groups in total. The number of rotatable bonds is 1. The van der Waals surface area contributed by atoms with Gasteiger partial charge in [0, 0.05) is 10.4 Å². The SMILES string of the molecule is ON(O)c1cccc(=CF)c1=CF. The summed E-state index contributed by atoms with van der Waals surface area (Å²) in [5.41, 5.74) is -0.228. The van der Waals surface area contributed by atoms with Gasteiger partial charge in [0.1, 0.15) is 5.69 Å². The molecule has 0 aliphatic heterocycles. The van der Waals surface area contributed by atoms with Crippen LogP contribution in [0.3, 0.4) is 0 Å². The third kappa shape index (κ3) is 1.82. The highest BCUT2D eigenvalue weighted by Gasteiger charge is 2.01. The normalized spacial score (nSPS) is 13.5. The fourth-order valence-electron chi connectivity index (χ4n) is 0.959. The van der Waals surface area contributed by atoms with Crippen LogP contribution in [0.15, 0.2) is 18.2 Å². The van der Waals surface area contributed by atoms with Gasteiger partial charge in [-0.25, -0.2) is 8.78 Å². The highest BCUT2D eigenvalue weighted by atomic mass is 19.1. The molecule has 0 spiro atoms. The average Bonchev–Trinajstić information content (AvgIpc) is 2.16. The summed E-state index contributed by atoms with van der Waals surface area (Å²) >= 11 is 0. The Kier molecular flexibility index (Phi) is 2.94. The first-order valence-corrected chi connectivity index (χ1v) is 3.38. The lowest BCUT2D eigenvalue weighted by atomic mass is 10.2. The van der Waals surface area contributed by atoms with Crippen molar-refractivity contribution in [3.63, 3.8) is 0 Å². The van der Waals surface area contributed by atoms with Crippen LogP contribution >= 0.6 is 0 Å². The van der Waals surface area contributed by atoms with E-state index >= 15 is 0 Å². The van der Waals surface area contributed by atoms with Crippen molar-refractivity contribution in [2.75, 3.05) is 5.23 Å². The van der Waals surface area contributed by atoms with Crippen molar-refractivity contribution in [1.29, 1.82) is 0 Å². The van der Waals surface area contributed by atoms with E-state index in [1.54, 1.807) is 0 Å². The third-order valence-electron chi connectivity index (χ3n) is 1.56. The van der Waals surface area contributed by atoms with E-state index in [0.29, 0.717) is 0 Å². The molecule has 0 amide bonds. The Labute approximate surface area is 72.4 Å². The van der Waals surface area contributed by atoms with E-state index in [1.807, 2.05) is 0 Å². The first-order chi connectivity index (χ1) is 6.20. The van der Waals surface area contributed by atoms with Crippen molar-refractivity contribution >= 4 is 18.3 Å². The van der Waals surface area contributed by atoms with Crippen LogP contribution in [-0.4, -0.2) is 10.4 Å². The molecule has 0 saturated heterocycles. The maximum atomic E-state index is 12.2. The molecule has 0 aromatic heterocycles. The van der Waals surface area contributed by atoms with Crippen LogP contribution in [0, 0.1) is 0 Å². The Balaban J connectivity index is 3.57. The molecular weight excluding hydrogens is 180 g/mol. The van der Waals surface area contributed by atoms with Crippen LogP contribution in [0.2, 0.25) is 0 Å². The van der Waals surface area contributed by atoms with Crippen LogP contribution in [0.25, 0.3) is 12.7 Å². The Morgan fingerprint density at radius 2 is 1.85 bits per heavy atom. The van der Waals surface area contributed by atoms with E-state index in [9.17, 15) is 8.78 Å². The Bertz CT molecular complexity index is 403. The molecule has 1 aromatic carbocycles. The minimum absolute atomic E-state index is 0.0619. The van der Waals surface area contributed by atoms with Crippen molar-refractivity contribution in [1.82, 2.24) is 0 Å². The van der Waals surface area contributed by atoms with Gasteiger partial charge >= 0.3 is 0 Å². The first kappa shape index (κ1) is 9.63. The van der Waals surface area contributed by atoms with E-state index in [2.05, 4.69) is 0 Å². The Morgan fingerprint density at radius 3 is 2.31 bits per heavy atom. The van der Waals surface area contributed by atoms with Gasteiger partial charge in [-0.05, 0) is 6.07 Å². The zero-order valence-corrected chi connectivity index (χ0v) is 6.48. The number of hydrogen-bond donors (Lipinski definition) is 2. The molecule has 0 saturated carbocycles. The second-order valence-corrected chi connectivity index (χ2v) is 2.29. The molecule has 0 atom stereocenters. The van der Waals surface area contributed by atoms with Crippen LogP contribution in [0.5, 0.6) is 0 Å². The van der Waals surface area contributed by atoms with E-state index in [0.717, 1.165) is 0 Å². The fourth-order valence-corrected chi connectivity index (χ4v) is 0.959. The number of halogens is 2. The predicted molar refractivity (Wildman–Crippen MR) is 42.9 cm³/mol. The van der Waals surface area contributed by atoms with Gasteiger partial charge in [0.25, 0.3) is 0 Å². The van der Waals surface area contributed by atoms with Gasteiger partial charge in [0.2, 0.25) is 0 Å². The average molecular weight is 187 g/mol. The van der Waals surface area contributed by atoms with Gasteiger partial charge in [0.05, 0.1) is 12.7 Å². The molecule has 70 valence electrons. The third-order valence-corrected chi connectivity index (χ3v) is 1.56. The molecule has 0 bridgehead atoms. The lowest BCUT2D eigenvalue weighted by Gasteiger charge is -2.07. The number of nitrogens with zero attached hydrogens (tertiary/aromatic N) is 1. The lowest BCUT2D eigenvalue weighted by Crippen LogP contribution is -2.30. The van der Waals surface area contributed by atoms with Gasteiger partial charge in [-0.2, -0.15) is 0 Å². The van der Waals surface area contributed by atoms with Gasteiger partial charge in [0.15, 0.2) is 0 Å². The van der Waals surface area contributed by atoms with Crippen LogP contribution in [0.4, 0.5) is 14.5 Å². The highest BCUT2D eigenvalue weighted by Crippen LogP contribution is 1.99. The van der Waals surface area contributed by atoms with E-state index in [-0.39, 0.29) is 34.0 Å². The zero-order chi connectivity index (χ0) is 9.84. The molecule has 0 unspecified atom stereocenters. The lowest BCUT2D eigenvalue weighted by molar-refractivity contribution is 0.0286. The van der Waals surface area contributed by atoms with Crippen molar-refractivity contribution < 1.29 is 19.2 Å². The highest BCUT2D eigenvalue weighted by molar-refractivity contribution is 5.47. The maximum absolute atomic E-state index is 12.2. The predicted octanol–water partition coefficient (Wildman–Crippen LogP) is 0.686. The summed E-state index contributed by atoms with van der Waals surface area (Å²) in [5, 5.41) is 16.7. The molecule has 0 radical (unpaired) electrons. The summed E-state index contributed by atoms with van der Waals surface area (Å²) in [6.07, 6.45) is 0.276. The van der Waals surface area contributed by atoms with E-state index in [1.165, 1.54) is 18.2 Å². The summed E-state index contributed by atoms with van der Waals surface area (Å²) < 4.78 is 24.4. The summed E-state index contributed by atoms with van der Waals surface area (Å²) in [4.78, 5) is 0. The number of hydrogen-bond acceptors (Lipinski definition) is 3. The molecule has 0 fully saturated rings. The van der Waals surface area contributed by atoms with Crippen LogP contribution in [0.1, 0.15) is 0 Å². The van der Waals surface area contributed by atoms with Crippen molar-refractivity contribution in [3.05, 3.63) is 28.6 Å². The van der Waals surface area contributed by atoms with Gasteiger partial charge in [-0.3, -0.25) is 10.4 Å². The molecule has 0 aliphatic carbocycles. The number of anilines is 1. The smallest absolute Gasteiger partial charge is 0.104 e. The second-order valence-electron chi connectivity index (χ2n) is 2.29. The molecule has 0 aliphatic rings. The quantitative estimate of drug-likeness (QED) is 0.635. The summed E-state index contributed by atoms with van der Waals surface area (Å²) in [6, 6.07) is 3.91. The summed E-state index contributed by atoms with van der Waals surface area (Å²) in [6.45, 7) is 0. The molecular formula is C8H7F2NO2. The molecule has 0 heterocycles. The molecule has 13 heavy (non-hydrogen) atoms. The maximum Gasteiger partial charge on any atom is 0.104 e. The van der Waals surface area contributed by atoms with Crippen LogP contribution in [-0.2, 0) is 0 Å². The molecule has 1 aromatic rings. The Morgan fingerprint density at radius 1 is 1.15 bits per heavy atom. The fraction of sp³-hybridized carbons (Fsp3) is 0. The number of benzene rings is 1. The van der Waals surface area contributed by atoms with Gasteiger partial charge in [-0.1, -0.05) is 12.1 Å². The first-order valence-electron chi connectivity index (χ1n) is 3.38. The topological polar surface area (TPSA) is 43.7 Å². The van der Waals surface area contributed by atoms with Gasteiger partial charge in [-0.15, -0.1) is 5.23 Å². The summed E-state index contributed by atoms with van der Waals surface area (Å²) in [5.74, 6) is 0. The summed E-state index contributed by atoms with van der Waals surface area (Å²) in [7, 11) is 0. The van der Waals surface area contributed by atoms with Crippen molar-refractivity contribution in [3.8, 4) is 0 Å². The largest absolute Gasteiger partial charge is 0.264 e. The van der Waals surface area contributed by atoms with Gasteiger partial charge < -0.3 is 0 Å². The second kappa shape index (κ2) is 3.97. The minimum Gasteiger partial charge on any atom is -0.264 e. The van der Waals surface area contributed by atoms with E-state index in [4.69, 9.17) is 10.4 Å². The molecule has 5 heteroatoms. The monoisotopic (exact) mass is 187 g/mol. The van der Waals surface area contributed by atoms with Crippen LogP contribution < -0.4 is 15.7 Å². The minimum atomic E-state index is -0.265. The molecule has 3 nitrogen and oxygen atoms in total. The van der Waals surface area contributed by atoms with Crippen molar-refractivity contribution in [2.24, 2.45) is 0 Å². The zero-order valence-electron chi connectivity index (χ0n) is 6.48. The van der Waals surface area contributed by atoms with E-state index < -0.39 is 0 Å². The standard InChI is InChI=1S/C8H7F2NO2/c9-4-6-2-1-3-8(11(12)13)7(6)5-10/h1-5,12-13H. The molecule has 1 rings (SSSR count). The van der Waals surface area contributed by atoms with Crippen molar-refractivity contribution in [2.45, 2.75) is 0 Å².